The first-order valence-electron chi connectivity index (χ1n) is 4.68. The summed E-state index contributed by atoms with van der Waals surface area (Å²) in [5, 5.41) is 2.46. The molecule has 4 nitrogen and oxygen atoms in total. The van der Waals surface area contributed by atoms with Crippen LogP contribution in [-0.4, -0.2) is 9.97 Å². The molecule has 1 aromatic carbocycles. The Morgan fingerprint density at radius 1 is 1.11 bits per heavy atom. The van der Waals surface area contributed by atoms with E-state index in [4.69, 9.17) is 17.3 Å². The third-order valence-corrected chi connectivity index (χ3v) is 2.20. The topological polar surface area (TPSA) is 63.8 Å². The number of anilines is 3. The molecule has 8 heteroatoms. The molecule has 0 aliphatic heterocycles. The minimum absolute atomic E-state index is 0.0352. The predicted octanol–water partition coefficient (Wildman–Crippen LogP) is 2.87. The standard InChI is InChI=1S/C10H6ClF3N4/c11-6-3-7(18-10(15)17-6)16-5-2-1-4(12)8(13)9(5)14/h1-3H,(H3,15,16,17,18). The second-order valence-corrected chi connectivity index (χ2v) is 3.67. The van der Waals surface area contributed by atoms with Gasteiger partial charge in [-0.3, -0.25) is 0 Å². The summed E-state index contributed by atoms with van der Waals surface area (Å²) in [4.78, 5) is 7.31. The van der Waals surface area contributed by atoms with Gasteiger partial charge in [0.15, 0.2) is 17.5 Å². The number of rotatable bonds is 2. The number of hydrogen-bond acceptors (Lipinski definition) is 4. The lowest BCUT2D eigenvalue weighted by Gasteiger charge is -2.08. The lowest BCUT2D eigenvalue weighted by Crippen LogP contribution is -2.03. The van der Waals surface area contributed by atoms with Gasteiger partial charge in [-0.1, -0.05) is 11.6 Å². The molecule has 0 aliphatic rings. The molecule has 18 heavy (non-hydrogen) atoms. The van der Waals surface area contributed by atoms with Crippen LogP contribution in [0.4, 0.5) is 30.6 Å². The zero-order chi connectivity index (χ0) is 13.3. The van der Waals surface area contributed by atoms with Gasteiger partial charge in [-0.15, -0.1) is 0 Å². The molecule has 94 valence electrons. The molecular formula is C10H6ClF3N4. The lowest BCUT2D eigenvalue weighted by molar-refractivity contribution is 0.449. The van der Waals surface area contributed by atoms with E-state index < -0.39 is 17.5 Å². The van der Waals surface area contributed by atoms with Crippen LogP contribution in [0.25, 0.3) is 0 Å². The highest BCUT2D eigenvalue weighted by Crippen LogP contribution is 2.23. The second-order valence-electron chi connectivity index (χ2n) is 3.28. The number of nitrogens with zero attached hydrogens (tertiary/aromatic N) is 2. The fourth-order valence-corrected chi connectivity index (χ4v) is 1.45. The average molecular weight is 275 g/mol. The van der Waals surface area contributed by atoms with E-state index in [1.54, 1.807) is 0 Å². The number of hydrogen-bond donors (Lipinski definition) is 2. The molecule has 3 N–H and O–H groups in total. The molecule has 0 atom stereocenters. The van der Waals surface area contributed by atoms with Gasteiger partial charge in [0.25, 0.3) is 0 Å². The Kier molecular flexibility index (Phi) is 3.24. The molecule has 2 aromatic rings. The van der Waals surface area contributed by atoms with Gasteiger partial charge in [0.2, 0.25) is 5.95 Å². The third-order valence-electron chi connectivity index (χ3n) is 2.01. The summed E-state index contributed by atoms with van der Waals surface area (Å²) in [6, 6.07) is 3.07. The average Bonchev–Trinajstić information content (AvgIpc) is 2.29. The van der Waals surface area contributed by atoms with Gasteiger partial charge in [-0.2, -0.15) is 4.98 Å². The van der Waals surface area contributed by atoms with E-state index in [1.165, 1.54) is 6.07 Å². The van der Waals surface area contributed by atoms with Crippen LogP contribution in [0.1, 0.15) is 0 Å². The fraction of sp³-hybridized carbons (Fsp3) is 0. The smallest absolute Gasteiger partial charge is 0.223 e. The molecule has 0 unspecified atom stereocenters. The molecule has 0 saturated carbocycles. The highest BCUT2D eigenvalue weighted by molar-refractivity contribution is 6.29. The summed E-state index contributed by atoms with van der Waals surface area (Å²) in [5.74, 6) is -4.28. The van der Waals surface area contributed by atoms with Gasteiger partial charge >= 0.3 is 0 Å². The Morgan fingerprint density at radius 3 is 2.50 bits per heavy atom. The largest absolute Gasteiger partial charge is 0.368 e. The van der Waals surface area contributed by atoms with Crippen molar-refractivity contribution in [2.75, 3.05) is 11.1 Å². The monoisotopic (exact) mass is 274 g/mol. The number of nitrogen functional groups attached to an aromatic ring is 1. The van der Waals surface area contributed by atoms with Crippen LogP contribution in [0.15, 0.2) is 18.2 Å². The minimum atomic E-state index is -1.58. The third kappa shape index (κ3) is 2.45. The molecule has 0 radical (unpaired) electrons. The van der Waals surface area contributed by atoms with Crippen LogP contribution < -0.4 is 11.1 Å². The van der Waals surface area contributed by atoms with Crippen molar-refractivity contribution >= 4 is 29.1 Å². The van der Waals surface area contributed by atoms with Gasteiger partial charge in [0, 0.05) is 6.07 Å². The lowest BCUT2D eigenvalue weighted by atomic mass is 10.3. The van der Waals surface area contributed by atoms with Gasteiger partial charge < -0.3 is 11.1 Å². The molecule has 0 bridgehead atoms. The highest BCUT2D eigenvalue weighted by Gasteiger charge is 2.14. The van der Waals surface area contributed by atoms with Crippen LogP contribution in [-0.2, 0) is 0 Å². The normalized spacial score (nSPS) is 10.4. The Labute approximate surface area is 105 Å². The summed E-state index contributed by atoms with van der Waals surface area (Å²) in [6.07, 6.45) is 0. The van der Waals surface area contributed by atoms with Crippen LogP contribution in [0.5, 0.6) is 0 Å². The van der Waals surface area contributed by atoms with E-state index >= 15 is 0 Å². The van der Waals surface area contributed by atoms with Crippen molar-refractivity contribution < 1.29 is 13.2 Å². The second kappa shape index (κ2) is 4.69. The van der Waals surface area contributed by atoms with Crippen molar-refractivity contribution in [3.8, 4) is 0 Å². The molecule has 1 heterocycles. The van der Waals surface area contributed by atoms with E-state index in [1.807, 2.05) is 0 Å². The Hall–Kier alpha value is -2.02. The van der Waals surface area contributed by atoms with Crippen molar-refractivity contribution in [1.29, 1.82) is 0 Å². The van der Waals surface area contributed by atoms with Crippen molar-refractivity contribution in [3.63, 3.8) is 0 Å². The molecule has 0 fully saturated rings. The summed E-state index contributed by atoms with van der Waals surface area (Å²) >= 11 is 5.61. The molecule has 0 saturated heterocycles. The first kappa shape index (κ1) is 12.4. The van der Waals surface area contributed by atoms with Crippen LogP contribution in [0.2, 0.25) is 5.15 Å². The number of halogens is 4. The summed E-state index contributed by atoms with van der Waals surface area (Å²) in [5.41, 5.74) is 5.04. The van der Waals surface area contributed by atoms with Crippen molar-refractivity contribution in [2.45, 2.75) is 0 Å². The molecule has 1 aromatic heterocycles. The quantitative estimate of drug-likeness (QED) is 0.653. The SMILES string of the molecule is Nc1nc(Cl)cc(Nc2ccc(F)c(F)c2F)n1. The Bertz CT molecular complexity index is 586. The molecule has 0 spiro atoms. The number of aromatic nitrogens is 2. The molecular weight excluding hydrogens is 269 g/mol. The summed E-state index contributed by atoms with van der Waals surface area (Å²) in [6.45, 7) is 0. The van der Waals surface area contributed by atoms with E-state index in [0.29, 0.717) is 0 Å². The summed E-state index contributed by atoms with van der Waals surface area (Å²) < 4.78 is 39.1. The zero-order valence-corrected chi connectivity index (χ0v) is 9.47. The van der Waals surface area contributed by atoms with Gasteiger partial charge in [-0.25, -0.2) is 18.2 Å². The molecule has 0 amide bonds. The van der Waals surface area contributed by atoms with E-state index in [0.717, 1.165) is 12.1 Å². The van der Waals surface area contributed by atoms with E-state index in [9.17, 15) is 13.2 Å². The van der Waals surface area contributed by atoms with E-state index in [2.05, 4.69) is 15.3 Å². The Morgan fingerprint density at radius 2 is 1.83 bits per heavy atom. The minimum Gasteiger partial charge on any atom is -0.368 e. The first-order chi connectivity index (χ1) is 8.47. The van der Waals surface area contributed by atoms with Gasteiger partial charge in [0.1, 0.15) is 11.0 Å². The van der Waals surface area contributed by atoms with Crippen LogP contribution in [0.3, 0.4) is 0 Å². The van der Waals surface area contributed by atoms with Gasteiger partial charge in [0.05, 0.1) is 5.69 Å². The number of nitrogens with two attached hydrogens (primary N) is 1. The molecule has 0 aliphatic carbocycles. The van der Waals surface area contributed by atoms with Crippen LogP contribution in [0, 0.1) is 17.5 Å². The zero-order valence-electron chi connectivity index (χ0n) is 8.72. The van der Waals surface area contributed by atoms with Crippen molar-refractivity contribution in [2.24, 2.45) is 0 Å². The van der Waals surface area contributed by atoms with E-state index in [-0.39, 0.29) is 22.6 Å². The predicted molar refractivity (Wildman–Crippen MR) is 61.1 cm³/mol. The highest BCUT2D eigenvalue weighted by atomic mass is 35.5. The molecule has 2 rings (SSSR count). The maximum Gasteiger partial charge on any atom is 0.223 e. The fourth-order valence-electron chi connectivity index (χ4n) is 1.26. The number of nitrogens with one attached hydrogen (secondary N) is 1. The Balaban J connectivity index is 2.37. The maximum absolute atomic E-state index is 13.4. The van der Waals surface area contributed by atoms with Crippen molar-refractivity contribution in [3.05, 3.63) is 40.8 Å². The summed E-state index contributed by atoms with van der Waals surface area (Å²) in [7, 11) is 0. The first-order valence-corrected chi connectivity index (χ1v) is 5.06. The van der Waals surface area contributed by atoms with Crippen molar-refractivity contribution in [1.82, 2.24) is 9.97 Å². The maximum atomic E-state index is 13.4. The number of benzene rings is 1. The van der Waals surface area contributed by atoms with Crippen LogP contribution >= 0.6 is 11.6 Å². The van der Waals surface area contributed by atoms with Gasteiger partial charge in [-0.05, 0) is 12.1 Å².